The minimum Gasteiger partial charge on any atom is -0.493 e. The summed E-state index contributed by atoms with van der Waals surface area (Å²) in [6.07, 6.45) is -4.57. The lowest BCUT2D eigenvalue weighted by atomic mass is 10.1. The van der Waals surface area contributed by atoms with Crippen LogP contribution in [0.15, 0.2) is 36.4 Å². The number of nitrogens with one attached hydrogen (secondary N) is 2. The van der Waals surface area contributed by atoms with Gasteiger partial charge in [-0.2, -0.15) is 13.2 Å². The molecule has 0 spiro atoms. The zero-order valence-corrected chi connectivity index (χ0v) is 15.6. The van der Waals surface area contributed by atoms with Crippen LogP contribution in [-0.2, 0) is 12.7 Å². The molecule has 0 bridgehead atoms. The summed E-state index contributed by atoms with van der Waals surface area (Å²) in [7, 11) is 2.94. The molecule has 0 atom stereocenters. The standard InChI is InChI=1S/C19H21F3N2O4/c1-4-28-17-15(26-2)9-12(10-16(17)27-3)11-23-18(25)24-14-8-6-5-7-13(14)19(20,21)22/h5-10H,4,11H2,1-3H3,(H2,23,24,25). The number of methoxy groups -OCH3 is 2. The molecule has 2 aromatic rings. The van der Waals surface area contributed by atoms with Gasteiger partial charge >= 0.3 is 12.2 Å². The first-order valence-corrected chi connectivity index (χ1v) is 8.38. The normalized spacial score (nSPS) is 10.9. The maximum Gasteiger partial charge on any atom is 0.418 e. The Labute approximate surface area is 160 Å². The Morgan fingerprint density at radius 2 is 1.68 bits per heavy atom. The van der Waals surface area contributed by atoms with Crippen molar-refractivity contribution < 1.29 is 32.2 Å². The molecule has 0 saturated carbocycles. The van der Waals surface area contributed by atoms with Crippen molar-refractivity contribution in [3.63, 3.8) is 0 Å². The quantitative estimate of drug-likeness (QED) is 0.723. The predicted octanol–water partition coefficient (Wildman–Crippen LogP) is 4.44. The van der Waals surface area contributed by atoms with Crippen LogP contribution in [0.25, 0.3) is 0 Å². The van der Waals surface area contributed by atoms with E-state index in [0.29, 0.717) is 29.4 Å². The van der Waals surface area contributed by atoms with E-state index < -0.39 is 17.8 Å². The van der Waals surface area contributed by atoms with Crippen LogP contribution < -0.4 is 24.8 Å². The van der Waals surface area contributed by atoms with Crippen molar-refractivity contribution in [1.82, 2.24) is 5.32 Å². The van der Waals surface area contributed by atoms with E-state index in [4.69, 9.17) is 14.2 Å². The van der Waals surface area contributed by atoms with Gasteiger partial charge in [-0.15, -0.1) is 0 Å². The van der Waals surface area contributed by atoms with Crippen molar-refractivity contribution in [3.05, 3.63) is 47.5 Å². The number of carbonyl (C=O) groups is 1. The third kappa shape index (κ3) is 5.21. The van der Waals surface area contributed by atoms with E-state index in [1.54, 1.807) is 12.1 Å². The highest BCUT2D eigenvalue weighted by atomic mass is 19.4. The molecule has 28 heavy (non-hydrogen) atoms. The lowest BCUT2D eigenvalue weighted by Gasteiger charge is -2.16. The van der Waals surface area contributed by atoms with Crippen LogP contribution in [0.4, 0.5) is 23.7 Å². The van der Waals surface area contributed by atoms with E-state index in [2.05, 4.69) is 10.6 Å². The zero-order chi connectivity index (χ0) is 20.7. The molecule has 0 heterocycles. The van der Waals surface area contributed by atoms with Crippen molar-refractivity contribution in [2.24, 2.45) is 0 Å². The van der Waals surface area contributed by atoms with Crippen LogP contribution in [0.5, 0.6) is 17.2 Å². The second-order valence-corrected chi connectivity index (χ2v) is 5.61. The number of anilines is 1. The maximum absolute atomic E-state index is 13.0. The van der Waals surface area contributed by atoms with Gasteiger partial charge in [0.15, 0.2) is 11.5 Å². The molecule has 2 aromatic carbocycles. The molecule has 0 aliphatic heterocycles. The van der Waals surface area contributed by atoms with E-state index in [1.165, 1.54) is 32.4 Å². The molecule has 2 rings (SSSR count). The highest BCUT2D eigenvalue weighted by molar-refractivity contribution is 5.90. The van der Waals surface area contributed by atoms with E-state index in [-0.39, 0.29) is 12.2 Å². The van der Waals surface area contributed by atoms with Crippen LogP contribution in [0.2, 0.25) is 0 Å². The fourth-order valence-corrected chi connectivity index (χ4v) is 2.51. The van der Waals surface area contributed by atoms with Gasteiger partial charge in [-0.1, -0.05) is 12.1 Å². The number of hydrogen-bond acceptors (Lipinski definition) is 4. The number of ether oxygens (including phenoxy) is 3. The minimum atomic E-state index is -4.57. The minimum absolute atomic E-state index is 0.0408. The van der Waals surface area contributed by atoms with Crippen LogP contribution in [0, 0.1) is 0 Å². The Morgan fingerprint density at radius 1 is 1.07 bits per heavy atom. The SMILES string of the molecule is CCOc1c(OC)cc(CNC(=O)Nc2ccccc2C(F)(F)F)cc1OC. The van der Waals surface area contributed by atoms with Gasteiger partial charge < -0.3 is 24.8 Å². The van der Waals surface area contributed by atoms with Gasteiger partial charge in [0.2, 0.25) is 5.75 Å². The number of amides is 2. The molecular weight excluding hydrogens is 377 g/mol. The third-order valence-corrected chi connectivity index (χ3v) is 3.74. The second kappa shape index (κ2) is 9.20. The number of hydrogen-bond donors (Lipinski definition) is 2. The molecule has 0 aliphatic carbocycles. The lowest BCUT2D eigenvalue weighted by Crippen LogP contribution is -2.29. The first kappa shape index (κ1) is 21.2. The largest absolute Gasteiger partial charge is 0.493 e. The molecule has 2 N–H and O–H groups in total. The molecule has 0 aromatic heterocycles. The van der Waals surface area contributed by atoms with Gasteiger partial charge in [0.1, 0.15) is 0 Å². The van der Waals surface area contributed by atoms with Gasteiger partial charge in [0.25, 0.3) is 0 Å². The number of alkyl halides is 3. The lowest BCUT2D eigenvalue weighted by molar-refractivity contribution is -0.136. The Hall–Kier alpha value is -3.10. The summed E-state index contributed by atoms with van der Waals surface area (Å²) < 4.78 is 55.1. The predicted molar refractivity (Wildman–Crippen MR) is 98.0 cm³/mol. The van der Waals surface area contributed by atoms with Gasteiger partial charge in [-0.3, -0.25) is 0 Å². The van der Waals surface area contributed by atoms with Gasteiger partial charge in [-0.25, -0.2) is 4.79 Å². The van der Waals surface area contributed by atoms with Gasteiger partial charge in [-0.05, 0) is 36.8 Å². The van der Waals surface area contributed by atoms with Crippen molar-refractivity contribution >= 4 is 11.7 Å². The van der Waals surface area contributed by atoms with Gasteiger partial charge in [0, 0.05) is 6.54 Å². The third-order valence-electron chi connectivity index (χ3n) is 3.74. The van der Waals surface area contributed by atoms with Crippen molar-refractivity contribution in [1.29, 1.82) is 0 Å². The average molecular weight is 398 g/mol. The zero-order valence-electron chi connectivity index (χ0n) is 15.6. The summed E-state index contributed by atoms with van der Waals surface area (Å²) >= 11 is 0. The summed E-state index contributed by atoms with van der Waals surface area (Å²) in [6.45, 7) is 2.27. The second-order valence-electron chi connectivity index (χ2n) is 5.61. The number of urea groups is 1. The summed E-state index contributed by atoms with van der Waals surface area (Å²) in [5.41, 5.74) is -0.625. The number of benzene rings is 2. The van der Waals surface area contributed by atoms with Crippen molar-refractivity contribution in [2.75, 3.05) is 26.1 Å². The molecular formula is C19H21F3N2O4. The summed E-state index contributed by atoms with van der Waals surface area (Å²) in [5, 5.41) is 4.73. The average Bonchev–Trinajstić information content (AvgIpc) is 2.66. The molecule has 0 radical (unpaired) electrons. The fraction of sp³-hybridized carbons (Fsp3) is 0.316. The monoisotopic (exact) mass is 398 g/mol. The van der Waals surface area contributed by atoms with Crippen LogP contribution in [0.1, 0.15) is 18.1 Å². The highest BCUT2D eigenvalue weighted by Crippen LogP contribution is 2.38. The Kier molecular flexibility index (Phi) is 6.97. The molecule has 0 fully saturated rings. The summed E-state index contributed by atoms with van der Waals surface area (Å²) in [5.74, 6) is 1.27. The molecule has 6 nitrogen and oxygen atoms in total. The van der Waals surface area contributed by atoms with Crippen LogP contribution in [0.3, 0.4) is 0 Å². The number of carbonyl (C=O) groups excluding carboxylic acids is 1. The molecule has 0 saturated heterocycles. The van der Waals surface area contributed by atoms with E-state index >= 15 is 0 Å². The summed E-state index contributed by atoms with van der Waals surface area (Å²) in [6, 6.07) is 7.28. The molecule has 0 aliphatic rings. The Bertz CT molecular complexity index is 800. The van der Waals surface area contributed by atoms with E-state index in [9.17, 15) is 18.0 Å². The van der Waals surface area contributed by atoms with E-state index in [0.717, 1.165) is 6.07 Å². The Morgan fingerprint density at radius 3 is 2.21 bits per heavy atom. The molecule has 0 unspecified atom stereocenters. The van der Waals surface area contributed by atoms with Crippen molar-refractivity contribution in [3.8, 4) is 17.2 Å². The maximum atomic E-state index is 13.0. The number of halogens is 3. The molecule has 2 amide bonds. The smallest absolute Gasteiger partial charge is 0.418 e. The number of rotatable bonds is 7. The Balaban J connectivity index is 2.11. The molecule has 9 heteroatoms. The topological polar surface area (TPSA) is 68.8 Å². The summed E-state index contributed by atoms with van der Waals surface area (Å²) in [4.78, 5) is 12.1. The van der Waals surface area contributed by atoms with Crippen LogP contribution >= 0.6 is 0 Å². The highest BCUT2D eigenvalue weighted by Gasteiger charge is 2.33. The van der Waals surface area contributed by atoms with Crippen LogP contribution in [-0.4, -0.2) is 26.9 Å². The first-order chi connectivity index (χ1) is 13.3. The first-order valence-electron chi connectivity index (χ1n) is 8.38. The molecule has 152 valence electrons. The van der Waals surface area contributed by atoms with Gasteiger partial charge in [0.05, 0.1) is 32.1 Å². The fourth-order valence-electron chi connectivity index (χ4n) is 2.51. The number of para-hydroxylation sites is 1. The van der Waals surface area contributed by atoms with E-state index in [1.807, 2.05) is 6.92 Å². The van der Waals surface area contributed by atoms with Crippen molar-refractivity contribution in [2.45, 2.75) is 19.6 Å².